The maximum absolute atomic E-state index is 12.0. The van der Waals surface area contributed by atoms with Crippen LogP contribution >= 0.6 is 11.8 Å². The summed E-state index contributed by atoms with van der Waals surface area (Å²) in [6.45, 7) is 6.03. The highest BCUT2D eigenvalue weighted by atomic mass is 32.2. The van der Waals surface area contributed by atoms with Crippen LogP contribution in [0, 0.1) is 13.8 Å². The van der Waals surface area contributed by atoms with Gasteiger partial charge in [-0.15, -0.1) is 11.8 Å². The first kappa shape index (κ1) is 14.8. The summed E-state index contributed by atoms with van der Waals surface area (Å²) in [5.74, 6) is 0.329. The Morgan fingerprint density at radius 2 is 1.94 bits per heavy atom. The SMILES string of the molecule is CCOC(=O)CSCC(=O)c1cc(C)ccc1C. The van der Waals surface area contributed by atoms with Gasteiger partial charge >= 0.3 is 5.97 Å². The molecule has 0 fully saturated rings. The van der Waals surface area contributed by atoms with Crippen LogP contribution in [0.25, 0.3) is 0 Å². The molecule has 0 amide bonds. The van der Waals surface area contributed by atoms with Gasteiger partial charge in [0.25, 0.3) is 0 Å². The second-order valence-electron chi connectivity index (χ2n) is 4.04. The van der Waals surface area contributed by atoms with Crippen LogP contribution in [0.3, 0.4) is 0 Å². The first-order valence-electron chi connectivity index (χ1n) is 5.88. The van der Waals surface area contributed by atoms with Gasteiger partial charge in [0, 0.05) is 5.56 Å². The zero-order valence-electron chi connectivity index (χ0n) is 11.0. The monoisotopic (exact) mass is 266 g/mol. The summed E-state index contributed by atoms with van der Waals surface area (Å²) in [6, 6.07) is 5.82. The fraction of sp³-hybridized carbons (Fsp3) is 0.429. The summed E-state index contributed by atoms with van der Waals surface area (Å²) in [4.78, 5) is 23.1. The summed E-state index contributed by atoms with van der Waals surface area (Å²) in [5, 5.41) is 0. The van der Waals surface area contributed by atoms with Crippen LogP contribution in [-0.4, -0.2) is 29.9 Å². The molecule has 18 heavy (non-hydrogen) atoms. The highest BCUT2D eigenvalue weighted by molar-refractivity contribution is 8.00. The Labute approximate surface area is 112 Å². The van der Waals surface area contributed by atoms with E-state index in [2.05, 4.69) is 0 Å². The van der Waals surface area contributed by atoms with Crippen LogP contribution in [0.1, 0.15) is 28.4 Å². The Morgan fingerprint density at radius 3 is 2.61 bits per heavy atom. The number of hydrogen-bond acceptors (Lipinski definition) is 4. The molecule has 0 spiro atoms. The standard InChI is InChI=1S/C14H18O3S/c1-4-17-14(16)9-18-8-13(15)12-7-10(2)5-6-11(12)3/h5-7H,4,8-9H2,1-3H3. The number of Topliss-reactive ketones (excluding diaryl/α,β-unsaturated/α-hetero) is 1. The lowest BCUT2D eigenvalue weighted by Gasteiger charge is -2.06. The Balaban J connectivity index is 2.50. The van der Waals surface area contributed by atoms with Crippen molar-refractivity contribution in [2.45, 2.75) is 20.8 Å². The second-order valence-corrected chi connectivity index (χ2v) is 5.02. The molecule has 0 unspecified atom stereocenters. The first-order chi connectivity index (χ1) is 8.54. The summed E-state index contributed by atoms with van der Waals surface area (Å²) in [5.41, 5.74) is 2.79. The number of thioether (sulfide) groups is 1. The highest BCUT2D eigenvalue weighted by Gasteiger charge is 2.11. The molecule has 0 bridgehead atoms. The molecule has 0 aromatic heterocycles. The number of carbonyl (C=O) groups excluding carboxylic acids is 2. The number of esters is 1. The molecule has 0 saturated carbocycles. The van der Waals surface area contributed by atoms with Crippen molar-refractivity contribution in [1.82, 2.24) is 0 Å². The minimum Gasteiger partial charge on any atom is -0.465 e. The fourth-order valence-electron chi connectivity index (χ4n) is 1.54. The van der Waals surface area contributed by atoms with Crippen molar-refractivity contribution in [3.05, 3.63) is 34.9 Å². The Hall–Kier alpha value is -1.29. The maximum atomic E-state index is 12.0. The minimum atomic E-state index is -0.267. The van der Waals surface area contributed by atoms with E-state index in [0.29, 0.717) is 12.4 Å². The van der Waals surface area contributed by atoms with Crippen molar-refractivity contribution < 1.29 is 14.3 Å². The number of ketones is 1. The summed E-state index contributed by atoms with van der Waals surface area (Å²) in [7, 11) is 0. The molecule has 0 N–H and O–H groups in total. The molecule has 0 aliphatic rings. The van der Waals surface area contributed by atoms with Gasteiger partial charge in [0.2, 0.25) is 0 Å². The van der Waals surface area contributed by atoms with Gasteiger partial charge in [-0.25, -0.2) is 0 Å². The molecular weight excluding hydrogens is 248 g/mol. The van der Waals surface area contributed by atoms with Gasteiger partial charge in [0.1, 0.15) is 0 Å². The predicted molar refractivity (Wildman–Crippen MR) is 74.2 cm³/mol. The summed E-state index contributed by atoms with van der Waals surface area (Å²) >= 11 is 1.29. The number of ether oxygens (including phenoxy) is 1. The van der Waals surface area contributed by atoms with Gasteiger partial charge in [-0.2, -0.15) is 0 Å². The third-order valence-corrected chi connectivity index (χ3v) is 3.36. The predicted octanol–water partition coefficient (Wildman–Crippen LogP) is 2.78. The van der Waals surface area contributed by atoms with Crippen molar-refractivity contribution in [2.75, 3.05) is 18.1 Å². The fourth-order valence-corrected chi connectivity index (χ4v) is 2.24. The molecule has 0 radical (unpaired) electrons. The van der Waals surface area contributed by atoms with Gasteiger partial charge in [-0.05, 0) is 32.4 Å². The van der Waals surface area contributed by atoms with E-state index < -0.39 is 0 Å². The molecule has 1 aromatic rings. The molecule has 0 aliphatic heterocycles. The maximum Gasteiger partial charge on any atom is 0.315 e. The number of aryl methyl sites for hydroxylation is 2. The Bertz CT molecular complexity index is 441. The van der Waals surface area contributed by atoms with Gasteiger partial charge in [-0.1, -0.05) is 17.7 Å². The van der Waals surface area contributed by atoms with E-state index in [-0.39, 0.29) is 17.5 Å². The molecule has 0 atom stereocenters. The second kappa shape index (κ2) is 7.21. The molecule has 0 saturated heterocycles. The average molecular weight is 266 g/mol. The van der Waals surface area contributed by atoms with Crippen LogP contribution in [0.2, 0.25) is 0 Å². The zero-order chi connectivity index (χ0) is 13.5. The van der Waals surface area contributed by atoms with E-state index in [1.54, 1.807) is 6.92 Å². The smallest absolute Gasteiger partial charge is 0.315 e. The number of rotatable bonds is 6. The number of hydrogen-bond donors (Lipinski definition) is 0. The van der Waals surface area contributed by atoms with Crippen molar-refractivity contribution in [1.29, 1.82) is 0 Å². The van der Waals surface area contributed by atoms with E-state index >= 15 is 0 Å². The van der Waals surface area contributed by atoms with E-state index in [4.69, 9.17) is 4.74 Å². The highest BCUT2D eigenvalue weighted by Crippen LogP contribution is 2.14. The molecule has 4 heteroatoms. The zero-order valence-corrected chi connectivity index (χ0v) is 11.8. The Morgan fingerprint density at radius 1 is 1.22 bits per heavy atom. The van der Waals surface area contributed by atoms with Crippen molar-refractivity contribution in [3.63, 3.8) is 0 Å². The van der Waals surface area contributed by atoms with Gasteiger partial charge in [-0.3, -0.25) is 9.59 Å². The first-order valence-corrected chi connectivity index (χ1v) is 7.04. The van der Waals surface area contributed by atoms with E-state index in [0.717, 1.165) is 16.7 Å². The van der Waals surface area contributed by atoms with E-state index in [1.807, 2.05) is 32.0 Å². The van der Waals surface area contributed by atoms with E-state index in [1.165, 1.54) is 11.8 Å². The number of carbonyl (C=O) groups is 2. The average Bonchev–Trinajstić information content (AvgIpc) is 2.32. The lowest BCUT2D eigenvalue weighted by atomic mass is 10.0. The van der Waals surface area contributed by atoms with E-state index in [9.17, 15) is 9.59 Å². The Kier molecular flexibility index (Phi) is 5.92. The molecule has 98 valence electrons. The molecule has 0 aliphatic carbocycles. The third-order valence-electron chi connectivity index (χ3n) is 2.45. The molecule has 1 aromatic carbocycles. The largest absolute Gasteiger partial charge is 0.465 e. The lowest BCUT2D eigenvalue weighted by molar-refractivity contribution is -0.139. The van der Waals surface area contributed by atoms with Crippen LogP contribution in [0.15, 0.2) is 18.2 Å². The molecule has 3 nitrogen and oxygen atoms in total. The molecule has 0 heterocycles. The lowest BCUT2D eigenvalue weighted by Crippen LogP contribution is -2.10. The molecule has 1 rings (SSSR count). The van der Waals surface area contributed by atoms with Gasteiger partial charge in [0.05, 0.1) is 18.1 Å². The quantitative estimate of drug-likeness (QED) is 0.586. The normalized spacial score (nSPS) is 10.2. The van der Waals surface area contributed by atoms with Crippen LogP contribution < -0.4 is 0 Å². The van der Waals surface area contributed by atoms with Crippen LogP contribution in [0.4, 0.5) is 0 Å². The van der Waals surface area contributed by atoms with Crippen molar-refractivity contribution in [2.24, 2.45) is 0 Å². The summed E-state index contributed by atoms with van der Waals surface area (Å²) in [6.07, 6.45) is 0. The minimum absolute atomic E-state index is 0.0606. The molecular formula is C14H18O3S. The van der Waals surface area contributed by atoms with Crippen LogP contribution in [0.5, 0.6) is 0 Å². The van der Waals surface area contributed by atoms with Gasteiger partial charge in [0.15, 0.2) is 5.78 Å². The third kappa shape index (κ3) is 4.53. The van der Waals surface area contributed by atoms with Crippen LogP contribution in [-0.2, 0) is 9.53 Å². The van der Waals surface area contributed by atoms with Crippen molar-refractivity contribution in [3.8, 4) is 0 Å². The number of benzene rings is 1. The topological polar surface area (TPSA) is 43.4 Å². The van der Waals surface area contributed by atoms with Gasteiger partial charge < -0.3 is 4.74 Å². The summed E-state index contributed by atoms with van der Waals surface area (Å²) < 4.78 is 4.80. The van der Waals surface area contributed by atoms with Crippen molar-refractivity contribution >= 4 is 23.5 Å².